The van der Waals surface area contributed by atoms with Gasteiger partial charge in [-0.1, -0.05) is 30.3 Å². The monoisotopic (exact) mass is 256 g/mol. The minimum absolute atomic E-state index is 0.194. The topological polar surface area (TPSA) is 55.1 Å². The molecule has 0 fully saturated rings. The second kappa shape index (κ2) is 4.39. The number of nitrogen functional groups attached to an aromatic ring is 1. The third kappa shape index (κ3) is 1.85. The third-order valence-electron chi connectivity index (χ3n) is 3.48. The molecule has 0 radical (unpaired) electrons. The van der Waals surface area contributed by atoms with Crippen molar-refractivity contribution < 1.29 is 9.18 Å². The first-order valence-corrected chi connectivity index (χ1v) is 6.09. The minimum atomic E-state index is -0.267. The lowest BCUT2D eigenvalue weighted by Gasteiger charge is -2.27. The maximum absolute atomic E-state index is 13.9. The lowest BCUT2D eigenvalue weighted by atomic mass is 9.84. The standard InChI is InChI=1S/C15H13FN2O/c16-12-6-2-1-4-9(12)11-8-18-15(19)14-10(11)5-3-7-13(14)17/h1-7,11H,8,17H2,(H,18,19). The Kier molecular flexibility index (Phi) is 2.71. The van der Waals surface area contributed by atoms with Crippen LogP contribution < -0.4 is 11.1 Å². The van der Waals surface area contributed by atoms with Crippen LogP contribution in [0.5, 0.6) is 0 Å². The van der Waals surface area contributed by atoms with Crippen molar-refractivity contribution in [3.63, 3.8) is 0 Å². The van der Waals surface area contributed by atoms with Crippen LogP contribution in [-0.2, 0) is 0 Å². The molecule has 2 aromatic rings. The number of rotatable bonds is 1. The van der Waals surface area contributed by atoms with Gasteiger partial charge in [-0.25, -0.2) is 4.39 Å². The number of hydrogen-bond donors (Lipinski definition) is 2. The van der Waals surface area contributed by atoms with Gasteiger partial charge in [0.05, 0.1) is 5.56 Å². The Balaban J connectivity index is 2.17. The van der Waals surface area contributed by atoms with Crippen molar-refractivity contribution in [3.8, 4) is 0 Å². The predicted octanol–water partition coefficient (Wildman–Crippen LogP) is 2.28. The first-order valence-electron chi connectivity index (χ1n) is 6.09. The van der Waals surface area contributed by atoms with E-state index in [-0.39, 0.29) is 17.6 Å². The number of halogens is 1. The van der Waals surface area contributed by atoms with Crippen LogP contribution in [0.15, 0.2) is 42.5 Å². The van der Waals surface area contributed by atoms with E-state index in [4.69, 9.17) is 5.73 Å². The molecule has 0 spiro atoms. The van der Waals surface area contributed by atoms with Gasteiger partial charge in [-0.05, 0) is 23.3 Å². The Morgan fingerprint density at radius 2 is 1.84 bits per heavy atom. The van der Waals surface area contributed by atoms with E-state index in [9.17, 15) is 9.18 Å². The summed E-state index contributed by atoms with van der Waals surface area (Å²) in [4.78, 5) is 11.9. The highest BCUT2D eigenvalue weighted by atomic mass is 19.1. The average Bonchev–Trinajstić information content (AvgIpc) is 2.40. The van der Waals surface area contributed by atoms with Gasteiger partial charge in [0.15, 0.2) is 0 Å². The summed E-state index contributed by atoms with van der Waals surface area (Å²) in [5.74, 6) is -0.657. The Bertz CT molecular complexity index is 654. The highest BCUT2D eigenvalue weighted by Gasteiger charge is 2.29. The molecule has 0 saturated carbocycles. The van der Waals surface area contributed by atoms with Crippen LogP contribution in [0.1, 0.15) is 27.4 Å². The number of benzene rings is 2. The molecule has 0 saturated heterocycles. The van der Waals surface area contributed by atoms with Crippen LogP contribution in [0.2, 0.25) is 0 Å². The fraction of sp³-hybridized carbons (Fsp3) is 0.133. The molecule has 3 N–H and O–H groups in total. The van der Waals surface area contributed by atoms with Gasteiger partial charge in [0.2, 0.25) is 0 Å². The maximum atomic E-state index is 13.9. The molecule has 96 valence electrons. The summed E-state index contributed by atoms with van der Waals surface area (Å²) in [5.41, 5.74) is 8.11. The van der Waals surface area contributed by atoms with Crippen molar-refractivity contribution in [2.24, 2.45) is 0 Å². The summed E-state index contributed by atoms with van der Waals surface area (Å²) < 4.78 is 13.9. The number of carbonyl (C=O) groups excluding carboxylic acids is 1. The Hall–Kier alpha value is -2.36. The van der Waals surface area contributed by atoms with Crippen LogP contribution in [0.3, 0.4) is 0 Å². The number of hydrogen-bond acceptors (Lipinski definition) is 2. The number of amides is 1. The van der Waals surface area contributed by atoms with Crippen molar-refractivity contribution in [1.82, 2.24) is 5.32 Å². The number of anilines is 1. The normalized spacial score (nSPS) is 17.7. The first kappa shape index (κ1) is 11.7. The van der Waals surface area contributed by atoms with E-state index in [1.165, 1.54) is 6.07 Å². The molecule has 0 aromatic heterocycles. The smallest absolute Gasteiger partial charge is 0.253 e. The lowest BCUT2D eigenvalue weighted by Crippen LogP contribution is -2.36. The van der Waals surface area contributed by atoms with E-state index in [0.717, 1.165) is 5.56 Å². The summed E-state index contributed by atoms with van der Waals surface area (Å²) >= 11 is 0. The molecule has 1 atom stereocenters. The molecule has 0 bridgehead atoms. The van der Waals surface area contributed by atoms with E-state index in [2.05, 4.69) is 5.32 Å². The van der Waals surface area contributed by atoms with Gasteiger partial charge in [-0.3, -0.25) is 4.79 Å². The summed E-state index contributed by atoms with van der Waals surface area (Å²) in [6.07, 6.45) is 0. The fourth-order valence-electron chi connectivity index (χ4n) is 2.57. The Morgan fingerprint density at radius 3 is 2.63 bits per heavy atom. The lowest BCUT2D eigenvalue weighted by molar-refractivity contribution is 0.0943. The van der Waals surface area contributed by atoms with Crippen molar-refractivity contribution in [3.05, 3.63) is 65.0 Å². The van der Waals surface area contributed by atoms with E-state index < -0.39 is 0 Å². The molecule has 4 heteroatoms. The second-order valence-electron chi connectivity index (χ2n) is 4.60. The van der Waals surface area contributed by atoms with E-state index in [1.54, 1.807) is 30.3 Å². The summed E-state index contributed by atoms with van der Waals surface area (Å²) in [7, 11) is 0. The van der Waals surface area contributed by atoms with Crippen LogP contribution in [0.4, 0.5) is 10.1 Å². The van der Waals surface area contributed by atoms with Gasteiger partial charge in [0.25, 0.3) is 5.91 Å². The zero-order valence-electron chi connectivity index (χ0n) is 10.2. The molecule has 0 aliphatic carbocycles. The quantitative estimate of drug-likeness (QED) is 0.769. The predicted molar refractivity (Wildman–Crippen MR) is 71.4 cm³/mol. The molecule has 19 heavy (non-hydrogen) atoms. The largest absolute Gasteiger partial charge is 0.398 e. The van der Waals surface area contributed by atoms with Gasteiger partial charge in [-0.2, -0.15) is 0 Å². The highest BCUT2D eigenvalue weighted by Crippen LogP contribution is 2.33. The first-order chi connectivity index (χ1) is 9.18. The summed E-state index contributed by atoms with van der Waals surface area (Å²) in [6, 6.07) is 11.9. The summed E-state index contributed by atoms with van der Waals surface area (Å²) in [5, 5.41) is 2.77. The minimum Gasteiger partial charge on any atom is -0.398 e. The van der Waals surface area contributed by atoms with Crippen LogP contribution >= 0.6 is 0 Å². The summed E-state index contributed by atoms with van der Waals surface area (Å²) in [6.45, 7) is 0.385. The molecule has 3 nitrogen and oxygen atoms in total. The van der Waals surface area contributed by atoms with E-state index >= 15 is 0 Å². The molecular weight excluding hydrogens is 243 g/mol. The van der Waals surface area contributed by atoms with Gasteiger partial charge in [0, 0.05) is 18.2 Å². The van der Waals surface area contributed by atoms with Crippen molar-refractivity contribution in [2.75, 3.05) is 12.3 Å². The molecule has 1 aliphatic heterocycles. The van der Waals surface area contributed by atoms with Gasteiger partial charge < -0.3 is 11.1 Å². The second-order valence-corrected chi connectivity index (χ2v) is 4.60. The molecule has 3 rings (SSSR count). The Morgan fingerprint density at radius 1 is 1.11 bits per heavy atom. The molecular formula is C15H13FN2O. The zero-order valence-corrected chi connectivity index (χ0v) is 10.2. The van der Waals surface area contributed by atoms with Crippen molar-refractivity contribution in [2.45, 2.75) is 5.92 Å². The van der Waals surface area contributed by atoms with E-state index in [0.29, 0.717) is 23.4 Å². The number of fused-ring (bicyclic) bond motifs is 1. The fourth-order valence-corrected chi connectivity index (χ4v) is 2.57. The average molecular weight is 256 g/mol. The van der Waals surface area contributed by atoms with Gasteiger partial charge in [0.1, 0.15) is 5.82 Å². The number of nitrogens with one attached hydrogen (secondary N) is 1. The van der Waals surface area contributed by atoms with Crippen LogP contribution in [-0.4, -0.2) is 12.5 Å². The van der Waals surface area contributed by atoms with Crippen molar-refractivity contribution in [1.29, 1.82) is 0 Å². The molecule has 1 aliphatic rings. The van der Waals surface area contributed by atoms with E-state index in [1.807, 2.05) is 6.07 Å². The number of carbonyl (C=O) groups is 1. The molecule has 1 amide bonds. The molecule has 1 unspecified atom stereocenters. The SMILES string of the molecule is Nc1cccc2c1C(=O)NCC2c1ccccc1F. The molecule has 2 aromatic carbocycles. The number of nitrogens with two attached hydrogens (primary N) is 1. The van der Waals surface area contributed by atoms with Crippen LogP contribution in [0.25, 0.3) is 0 Å². The zero-order chi connectivity index (χ0) is 13.4. The van der Waals surface area contributed by atoms with Crippen molar-refractivity contribution >= 4 is 11.6 Å². The highest BCUT2D eigenvalue weighted by molar-refractivity contribution is 6.02. The van der Waals surface area contributed by atoms with Gasteiger partial charge in [-0.15, -0.1) is 0 Å². The Labute approximate surface area is 110 Å². The third-order valence-corrected chi connectivity index (χ3v) is 3.48. The maximum Gasteiger partial charge on any atom is 0.253 e. The van der Waals surface area contributed by atoms with Crippen LogP contribution in [0, 0.1) is 5.82 Å². The van der Waals surface area contributed by atoms with Gasteiger partial charge >= 0.3 is 0 Å². The molecule has 1 heterocycles.